The Morgan fingerprint density at radius 2 is 1.20 bits per heavy atom. The molecule has 0 spiro atoms. The predicted molar refractivity (Wildman–Crippen MR) is 187 cm³/mol. The number of nitrogens with zero attached hydrogens (tertiary/aromatic N) is 1. The Morgan fingerprint density at radius 3 is 1.75 bits per heavy atom. The molecule has 1 unspecified atom stereocenters. The number of unbranched alkanes of at least 4 members (excludes halogenated alkanes) is 16. The molecular formula is C38H69N3O3. The monoisotopic (exact) mass is 616 g/mol. The number of amides is 2. The molecule has 2 N–H and O–H groups in total. The summed E-state index contributed by atoms with van der Waals surface area (Å²) in [7, 11) is 0. The van der Waals surface area contributed by atoms with Gasteiger partial charge in [0, 0.05) is 6.54 Å². The molecule has 254 valence electrons. The molecule has 0 heterocycles. The van der Waals surface area contributed by atoms with E-state index in [1.165, 1.54) is 116 Å². The number of carbonyl (C=O) groups excluding carboxylic acids is 2. The minimum absolute atomic E-state index is 0.0606. The highest BCUT2D eigenvalue weighted by Gasteiger charge is 2.15. The summed E-state index contributed by atoms with van der Waals surface area (Å²) < 4.78 is 5.59. The Morgan fingerprint density at radius 1 is 0.705 bits per heavy atom. The van der Waals surface area contributed by atoms with Crippen LogP contribution in [0.5, 0.6) is 0 Å². The van der Waals surface area contributed by atoms with E-state index in [1.807, 2.05) is 24.3 Å². The van der Waals surface area contributed by atoms with Crippen LogP contribution in [0.4, 0.5) is 4.79 Å². The van der Waals surface area contributed by atoms with Crippen LogP contribution in [0.2, 0.25) is 0 Å². The molecule has 0 aliphatic carbocycles. The first-order valence-electron chi connectivity index (χ1n) is 18.6. The first-order chi connectivity index (χ1) is 21.7. The van der Waals surface area contributed by atoms with Gasteiger partial charge >= 0.3 is 6.09 Å². The van der Waals surface area contributed by atoms with Gasteiger partial charge in [0.25, 0.3) is 0 Å². The van der Waals surface area contributed by atoms with Crippen LogP contribution >= 0.6 is 0 Å². The molecule has 6 heteroatoms. The number of ether oxygens (including phenoxy) is 1. The third-order valence-electron chi connectivity index (χ3n) is 8.73. The second-order valence-corrected chi connectivity index (χ2v) is 12.7. The van der Waals surface area contributed by atoms with E-state index in [0.29, 0.717) is 6.54 Å². The standard InChI is InChI=1S/C38H69N3O3/c1-4-7-10-11-12-13-14-15-16-17-18-19-20-21-22-28-37(40-34-42)36-27-24-23-26-35(36)33-44-38(43)39-29-25-32-41(30-8-5-2)31-9-6-3/h23-24,26-27,34,37H,4-22,25,28-33H2,1-3H3,(H,39,43)(H,40,42). The molecule has 1 aromatic rings. The van der Waals surface area contributed by atoms with Gasteiger partial charge < -0.3 is 20.3 Å². The lowest BCUT2D eigenvalue weighted by Gasteiger charge is -2.22. The number of benzene rings is 1. The van der Waals surface area contributed by atoms with E-state index >= 15 is 0 Å². The van der Waals surface area contributed by atoms with Crippen molar-refractivity contribution in [2.45, 2.75) is 168 Å². The second kappa shape index (κ2) is 29.6. The lowest BCUT2D eigenvalue weighted by atomic mass is 9.95. The highest BCUT2D eigenvalue weighted by molar-refractivity contribution is 5.67. The van der Waals surface area contributed by atoms with Gasteiger partial charge in [-0.1, -0.05) is 154 Å². The van der Waals surface area contributed by atoms with Gasteiger partial charge in [-0.2, -0.15) is 0 Å². The van der Waals surface area contributed by atoms with Gasteiger partial charge in [0.15, 0.2) is 0 Å². The third kappa shape index (κ3) is 21.6. The van der Waals surface area contributed by atoms with Crippen LogP contribution in [0.25, 0.3) is 0 Å². The molecule has 2 amide bonds. The van der Waals surface area contributed by atoms with Crippen molar-refractivity contribution in [1.82, 2.24) is 15.5 Å². The van der Waals surface area contributed by atoms with Crippen molar-refractivity contribution >= 4 is 12.5 Å². The average Bonchev–Trinajstić information content (AvgIpc) is 3.04. The minimum Gasteiger partial charge on any atom is -0.445 e. The largest absolute Gasteiger partial charge is 0.445 e. The molecule has 1 atom stereocenters. The summed E-state index contributed by atoms with van der Waals surface area (Å²) in [6, 6.07) is 7.94. The maximum Gasteiger partial charge on any atom is 0.407 e. The Bertz CT molecular complexity index is 795. The van der Waals surface area contributed by atoms with Crippen molar-refractivity contribution in [2.75, 3.05) is 26.2 Å². The fraction of sp³-hybridized carbons (Fsp3) is 0.789. The van der Waals surface area contributed by atoms with E-state index in [2.05, 4.69) is 36.3 Å². The number of alkyl carbamates (subject to hydrolysis) is 1. The van der Waals surface area contributed by atoms with E-state index < -0.39 is 0 Å². The summed E-state index contributed by atoms with van der Waals surface area (Å²) in [5.74, 6) is 0. The summed E-state index contributed by atoms with van der Waals surface area (Å²) in [6.07, 6.45) is 27.2. The van der Waals surface area contributed by atoms with Gasteiger partial charge in [0.1, 0.15) is 6.61 Å². The van der Waals surface area contributed by atoms with E-state index in [4.69, 9.17) is 4.74 Å². The fourth-order valence-electron chi connectivity index (χ4n) is 5.92. The van der Waals surface area contributed by atoms with Crippen LogP contribution in [-0.4, -0.2) is 43.6 Å². The van der Waals surface area contributed by atoms with Crippen molar-refractivity contribution in [3.8, 4) is 0 Å². The molecule has 0 radical (unpaired) electrons. The number of nitrogens with one attached hydrogen (secondary N) is 2. The first kappa shape index (κ1) is 39.9. The highest BCUT2D eigenvalue weighted by atomic mass is 16.5. The molecule has 0 bridgehead atoms. The van der Waals surface area contributed by atoms with Crippen LogP contribution < -0.4 is 10.6 Å². The fourth-order valence-corrected chi connectivity index (χ4v) is 5.92. The Kier molecular flexibility index (Phi) is 26.9. The highest BCUT2D eigenvalue weighted by Crippen LogP contribution is 2.24. The summed E-state index contributed by atoms with van der Waals surface area (Å²) >= 11 is 0. The lowest BCUT2D eigenvalue weighted by molar-refractivity contribution is -0.110. The van der Waals surface area contributed by atoms with Crippen LogP contribution in [0.3, 0.4) is 0 Å². The van der Waals surface area contributed by atoms with E-state index in [0.717, 1.165) is 56.4 Å². The quantitative estimate of drug-likeness (QED) is 0.0644. The van der Waals surface area contributed by atoms with Crippen molar-refractivity contribution < 1.29 is 14.3 Å². The van der Waals surface area contributed by atoms with Gasteiger partial charge in [-0.3, -0.25) is 4.79 Å². The average molecular weight is 616 g/mol. The van der Waals surface area contributed by atoms with Gasteiger partial charge in [-0.25, -0.2) is 4.79 Å². The zero-order chi connectivity index (χ0) is 31.9. The van der Waals surface area contributed by atoms with E-state index in [1.54, 1.807) is 0 Å². The summed E-state index contributed by atoms with van der Waals surface area (Å²) in [6.45, 7) is 10.8. The van der Waals surface area contributed by atoms with Crippen LogP contribution in [-0.2, 0) is 16.1 Å². The maximum atomic E-state index is 12.4. The molecule has 0 aliphatic rings. The molecule has 1 rings (SSSR count). The van der Waals surface area contributed by atoms with Gasteiger partial charge in [0.2, 0.25) is 6.41 Å². The molecule has 0 fully saturated rings. The summed E-state index contributed by atoms with van der Waals surface area (Å²) in [5, 5.41) is 5.93. The number of rotatable bonds is 31. The normalized spacial score (nSPS) is 11.9. The van der Waals surface area contributed by atoms with E-state index in [-0.39, 0.29) is 18.7 Å². The van der Waals surface area contributed by atoms with Crippen molar-refractivity contribution in [2.24, 2.45) is 0 Å². The minimum atomic E-state index is -0.379. The van der Waals surface area contributed by atoms with Crippen LogP contribution in [0.1, 0.15) is 173 Å². The molecule has 6 nitrogen and oxygen atoms in total. The number of hydrogen-bond acceptors (Lipinski definition) is 4. The molecule has 44 heavy (non-hydrogen) atoms. The number of hydrogen-bond donors (Lipinski definition) is 2. The number of carbonyl (C=O) groups is 2. The lowest BCUT2D eigenvalue weighted by Crippen LogP contribution is -2.31. The molecular weight excluding hydrogens is 546 g/mol. The van der Waals surface area contributed by atoms with Crippen LogP contribution in [0.15, 0.2) is 24.3 Å². The van der Waals surface area contributed by atoms with Crippen molar-refractivity contribution in [1.29, 1.82) is 0 Å². The zero-order valence-corrected chi connectivity index (χ0v) is 29.0. The second-order valence-electron chi connectivity index (χ2n) is 12.7. The molecule has 0 saturated heterocycles. The summed E-state index contributed by atoms with van der Waals surface area (Å²) in [4.78, 5) is 26.4. The first-order valence-corrected chi connectivity index (χ1v) is 18.6. The summed E-state index contributed by atoms with van der Waals surface area (Å²) in [5.41, 5.74) is 1.99. The Hall–Kier alpha value is -2.08. The Balaban J connectivity index is 2.28. The maximum absolute atomic E-state index is 12.4. The van der Waals surface area contributed by atoms with Gasteiger partial charge in [-0.05, 0) is 56.4 Å². The topological polar surface area (TPSA) is 70.7 Å². The van der Waals surface area contributed by atoms with Crippen LogP contribution in [0, 0.1) is 0 Å². The zero-order valence-electron chi connectivity index (χ0n) is 29.0. The molecule has 0 saturated carbocycles. The third-order valence-corrected chi connectivity index (χ3v) is 8.73. The molecule has 1 aromatic carbocycles. The smallest absolute Gasteiger partial charge is 0.407 e. The predicted octanol–water partition coefficient (Wildman–Crippen LogP) is 10.3. The molecule has 0 aromatic heterocycles. The molecule has 0 aliphatic heterocycles. The Labute approximate surface area is 271 Å². The van der Waals surface area contributed by atoms with Gasteiger partial charge in [-0.15, -0.1) is 0 Å². The SMILES string of the molecule is CCCCCCCCCCCCCCCCCC(NC=O)c1ccccc1COC(=O)NCCCN(CCCC)CCCC. The van der Waals surface area contributed by atoms with Crippen molar-refractivity contribution in [3.05, 3.63) is 35.4 Å². The van der Waals surface area contributed by atoms with E-state index in [9.17, 15) is 9.59 Å². The van der Waals surface area contributed by atoms with Gasteiger partial charge in [0.05, 0.1) is 6.04 Å². The van der Waals surface area contributed by atoms with Crippen molar-refractivity contribution in [3.63, 3.8) is 0 Å².